The molecule has 2 heteroatoms. The number of hydrogen-bond donors (Lipinski definition) is 0. The Morgan fingerprint density at radius 1 is 0.321 bits per heavy atom. The topological polar surface area (TPSA) is 3.24 Å². The zero-order valence-electron chi connectivity index (χ0n) is 20.1. The second-order valence-corrected chi connectivity index (χ2v) is 8.85. The average Bonchev–Trinajstić information content (AvgIpc) is 2.67. The molecule has 0 bridgehead atoms. The Labute approximate surface area is 186 Å². The molecule has 0 aliphatic rings. The van der Waals surface area contributed by atoms with Crippen molar-refractivity contribution >= 4 is 12.4 Å². The van der Waals surface area contributed by atoms with Gasteiger partial charge in [0.2, 0.25) is 0 Å². The van der Waals surface area contributed by atoms with E-state index >= 15 is 0 Å². The minimum atomic E-state index is 0. The van der Waals surface area contributed by atoms with Crippen molar-refractivity contribution in [1.29, 1.82) is 0 Å². The van der Waals surface area contributed by atoms with E-state index in [0.717, 1.165) is 0 Å². The molecule has 0 N–H and O–H groups in total. The molecule has 0 fully saturated rings. The Morgan fingerprint density at radius 2 is 0.607 bits per heavy atom. The van der Waals surface area contributed by atoms with E-state index in [1.165, 1.54) is 148 Å². The van der Waals surface area contributed by atoms with Gasteiger partial charge in [0, 0.05) is 0 Å². The van der Waals surface area contributed by atoms with E-state index in [4.69, 9.17) is 0 Å². The van der Waals surface area contributed by atoms with Crippen LogP contribution in [0.3, 0.4) is 0 Å². The minimum absolute atomic E-state index is 0. The summed E-state index contributed by atoms with van der Waals surface area (Å²) in [4.78, 5) is 2.66. The van der Waals surface area contributed by atoms with E-state index < -0.39 is 0 Å². The zero-order valence-corrected chi connectivity index (χ0v) is 20.9. The Morgan fingerprint density at radius 3 is 0.893 bits per heavy atom. The van der Waals surface area contributed by atoms with Gasteiger partial charge in [-0.05, 0) is 38.9 Å². The van der Waals surface area contributed by atoms with E-state index in [9.17, 15) is 0 Å². The van der Waals surface area contributed by atoms with Crippen molar-refractivity contribution in [3.05, 3.63) is 0 Å². The molecule has 0 aromatic heterocycles. The van der Waals surface area contributed by atoms with Gasteiger partial charge in [0.25, 0.3) is 0 Å². The van der Waals surface area contributed by atoms with Gasteiger partial charge in [-0.1, -0.05) is 130 Å². The molecule has 172 valence electrons. The quantitative estimate of drug-likeness (QED) is 0.149. The summed E-state index contributed by atoms with van der Waals surface area (Å²) < 4.78 is 0. The monoisotopic (exact) mass is 417 g/mol. The van der Waals surface area contributed by atoms with Gasteiger partial charge in [-0.15, -0.1) is 12.4 Å². The Bertz CT molecular complexity index is 251. The lowest BCUT2D eigenvalue weighted by Gasteiger charge is -2.20. The number of halogens is 1. The van der Waals surface area contributed by atoms with Crippen molar-refractivity contribution in [2.24, 2.45) is 0 Å². The molecule has 0 aliphatic heterocycles. The highest BCUT2D eigenvalue weighted by Gasteiger charge is 2.01. The molecular weight excluding hydrogens is 362 g/mol. The van der Waals surface area contributed by atoms with Gasteiger partial charge in [-0.25, -0.2) is 0 Å². The lowest BCUT2D eigenvalue weighted by molar-refractivity contribution is 0.267. The van der Waals surface area contributed by atoms with Crippen LogP contribution < -0.4 is 0 Å². The number of hydrogen-bond acceptors (Lipinski definition) is 1. The van der Waals surface area contributed by atoms with E-state index in [1.807, 2.05) is 0 Å². The predicted molar refractivity (Wildman–Crippen MR) is 133 cm³/mol. The molecule has 0 saturated carbocycles. The SMILES string of the molecule is CCCCCCCCCCCCCCCCCCCCN(CCC)CCC.Cl. The average molecular weight is 418 g/mol. The van der Waals surface area contributed by atoms with Gasteiger partial charge in [-0.3, -0.25) is 0 Å². The maximum absolute atomic E-state index is 2.66. The first kappa shape index (κ1) is 30.4. The molecule has 0 aromatic carbocycles. The first-order valence-corrected chi connectivity index (χ1v) is 13.1. The van der Waals surface area contributed by atoms with E-state index in [2.05, 4.69) is 25.7 Å². The van der Waals surface area contributed by atoms with Gasteiger partial charge < -0.3 is 4.90 Å². The first-order valence-electron chi connectivity index (χ1n) is 13.1. The highest BCUT2D eigenvalue weighted by atomic mass is 35.5. The largest absolute Gasteiger partial charge is 0.303 e. The molecule has 0 spiro atoms. The molecule has 0 heterocycles. The second-order valence-electron chi connectivity index (χ2n) is 8.85. The van der Waals surface area contributed by atoms with Crippen LogP contribution in [0.15, 0.2) is 0 Å². The maximum Gasteiger partial charge on any atom is -0.00187 e. The van der Waals surface area contributed by atoms with Crippen LogP contribution in [0, 0.1) is 0 Å². The third kappa shape index (κ3) is 24.3. The lowest BCUT2D eigenvalue weighted by Crippen LogP contribution is -2.26. The first-order chi connectivity index (χ1) is 13.3. The van der Waals surface area contributed by atoms with Crippen LogP contribution in [-0.2, 0) is 0 Å². The summed E-state index contributed by atoms with van der Waals surface area (Å²) in [5.74, 6) is 0. The van der Waals surface area contributed by atoms with Crippen LogP contribution in [0.1, 0.15) is 149 Å². The summed E-state index contributed by atoms with van der Waals surface area (Å²) in [6.07, 6.45) is 29.0. The summed E-state index contributed by atoms with van der Waals surface area (Å²) in [7, 11) is 0. The molecule has 1 nitrogen and oxygen atoms in total. The van der Waals surface area contributed by atoms with Crippen LogP contribution >= 0.6 is 12.4 Å². The molecule has 0 atom stereocenters. The summed E-state index contributed by atoms with van der Waals surface area (Å²) in [6, 6.07) is 0. The fourth-order valence-corrected chi connectivity index (χ4v) is 4.20. The lowest BCUT2D eigenvalue weighted by atomic mass is 10.0. The van der Waals surface area contributed by atoms with E-state index in [1.54, 1.807) is 0 Å². The molecule has 28 heavy (non-hydrogen) atoms. The number of unbranched alkanes of at least 4 members (excludes halogenated alkanes) is 17. The Hall–Kier alpha value is 0.250. The van der Waals surface area contributed by atoms with Crippen molar-refractivity contribution in [3.63, 3.8) is 0 Å². The minimum Gasteiger partial charge on any atom is -0.303 e. The summed E-state index contributed by atoms with van der Waals surface area (Å²) in [5.41, 5.74) is 0. The second kappa shape index (κ2) is 27.2. The molecule has 0 radical (unpaired) electrons. The molecule has 0 aliphatic carbocycles. The van der Waals surface area contributed by atoms with Gasteiger partial charge in [0.1, 0.15) is 0 Å². The van der Waals surface area contributed by atoms with Gasteiger partial charge in [0.05, 0.1) is 0 Å². The van der Waals surface area contributed by atoms with Gasteiger partial charge in [0.15, 0.2) is 0 Å². The van der Waals surface area contributed by atoms with Crippen LogP contribution in [0.5, 0.6) is 0 Å². The molecular formula is C26H56ClN. The summed E-state index contributed by atoms with van der Waals surface area (Å²) in [5, 5.41) is 0. The Balaban J connectivity index is 0. The van der Waals surface area contributed by atoms with Crippen LogP contribution in [0.2, 0.25) is 0 Å². The van der Waals surface area contributed by atoms with Crippen molar-refractivity contribution in [2.45, 2.75) is 149 Å². The highest BCUT2D eigenvalue weighted by Crippen LogP contribution is 2.14. The van der Waals surface area contributed by atoms with Crippen molar-refractivity contribution < 1.29 is 0 Å². The number of nitrogens with zero attached hydrogens (tertiary/aromatic N) is 1. The van der Waals surface area contributed by atoms with Crippen molar-refractivity contribution in [2.75, 3.05) is 19.6 Å². The molecule has 0 aromatic rings. The van der Waals surface area contributed by atoms with Gasteiger partial charge >= 0.3 is 0 Å². The molecule has 0 unspecified atom stereocenters. The number of rotatable bonds is 23. The van der Waals surface area contributed by atoms with Crippen LogP contribution in [-0.4, -0.2) is 24.5 Å². The highest BCUT2D eigenvalue weighted by molar-refractivity contribution is 5.85. The summed E-state index contributed by atoms with van der Waals surface area (Å²) >= 11 is 0. The normalized spacial score (nSPS) is 11.1. The molecule has 0 saturated heterocycles. The van der Waals surface area contributed by atoms with Crippen molar-refractivity contribution in [3.8, 4) is 0 Å². The predicted octanol–water partition coefficient (Wildman–Crippen LogP) is 9.57. The summed E-state index contributed by atoms with van der Waals surface area (Å²) in [6.45, 7) is 10.8. The Kier molecular flexibility index (Phi) is 29.6. The van der Waals surface area contributed by atoms with Gasteiger partial charge in [-0.2, -0.15) is 0 Å². The fourth-order valence-electron chi connectivity index (χ4n) is 4.20. The van der Waals surface area contributed by atoms with E-state index in [-0.39, 0.29) is 12.4 Å². The standard InChI is InChI=1S/C26H55N.ClH/c1-4-7-8-9-10-11-12-13-14-15-16-17-18-19-20-21-22-23-26-27(24-5-2)25-6-3;/h4-26H2,1-3H3;1H. The van der Waals surface area contributed by atoms with Crippen LogP contribution in [0.25, 0.3) is 0 Å². The van der Waals surface area contributed by atoms with Crippen LogP contribution in [0.4, 0.5) is 0 Å². The third-order valence-corrected chi connectivity index (χ3v) is 5.91. The maximum atomic E-state index is 2.66. The van der Waals surface area contributed by atoms with E-state index in [0.29, 0.717) is 0 Å². The molecule has 0 rings (SSSR count). The fraction of sp³-hybridized carbons (Fsp3) is 1.00. The third-order valence-electron chi connectivity index (χ3n) is 5.91. The molecule has 0 amide bonds. The van der Waals surface area contributed by atoms with Crippen molar-refractivity contribution in [1.82, 2.24) is 4.90 Å². The smallest absolute Gasteiger partial charge is 0.00187 e. The zero-order chi connectivity index (χ0) is 19.8.